The minimum absolute atomic E-state index is 0.0313. The van der Waals surface area contributed by atoms with Gasteiger partial charge in [-0.25, -0.2) is 0 Å². The van der Waals surface area contributed by atoms with Crippen LogP contribution in [0.15, 0.2) is 76.0 Å². The van der Waals surface area contributed by atoms with Crippen LogP contribution in [0, 0.1) is 10.1 Å². The Labute approximate surface area is 148 Å². The van der Waals surface area contributed by atoms with Gasteiger partial charge in [-0.1, -0.05) is 18.2 Å². The highest BCUT2D eigenvalue weighted by Crippen LogP contribution is 2.24. The molecule has 25 heavy (non-hydrogen) atoms. The molecule has 0 saturated carbocycles. The predicted octanol–water partition coefficient (Wildman–Crippen LogP) is 4.73. The molecule has 1 aromatic heterocycles. The van der Waals surface area contributed by atoms with E-state index in [9.17, 15) is 14.9 Å². The van der Waals surface area contributed by atoms with Gasteiger partial charge in [-0.2, -0.15) is 0 Å². The average molecular weight is 354 g/mol. The molecular weight excluding hydrogens is 340 g/mol. The number of hydrogen-bond donors (Lipinski definition) is 1. The molecule has 0 aliphatic carbocycles. The summed E-state index contributed by atoms with van der Waals surface area (Å²) in [6.45, 7) is 0. The Balaban J connectivity index is 1.59. The minimum Gasteiger partial charge on any atom is -0.455 e. The molecule has 0 fully saturated rings. The van der Waals surface area contributed by atoms with Crippen molar-refractivity contribution in [2.24, 2.45) is 0 Å². The van der Waals surface area contributed by atoms with Gasteiger partial charge in [-0.3, -0.25) is 14.9 Å². The van der Waals surface area contributed by atoms with Crippen molar-refractivity contribution < 1.29 is 14.1 Å². The molecule has 7 heteroatoms. The number of nitrogens with one attached hydrogen (secondary N) is 1. The minimum atomic E-state index is -0.491. The number of amides is 1. The number of hydrogen-bond acceptors (Lipinski definition) is 5. The highest BCUT2D eigenvalue weighted by atomic mass is 32.2. The van der Waals surface area contributed by atoms with Crippen LogP contribution in [-0.2, 0) is 5.75 Å². The highest BCUT2D eigenvalue weighted by Gasteiger charge is 2.12. The second-order valence-corrected chi connectivity index (χ2v) is 6.17. The molecular formula is C18H14N2O4S. The normalized spacial score (nSPS) is 10.4. The number of nitro benzene ring substituents is 1. The van der Waals surface area contributed by atoms with Gasteiger partial charge in [0.15, 0.2) is 5.76 Å². The lowest BCUT2D eigenvalue weighted by molar-refractivity contribution is -0.384. The van der Waals surface area contributed by atoms with E-state index in [0.717, 1.165) is 4.90 Å². The zero-order valence-electron chi connectivity index (χ0n) is 13.0. The number of rotatable bonds is 6. The van der Waals surface area contributed by atoms with Gasteiger partial charge in [0.25, 0.3) is 11.6 Å². The lowest BCUT2D eigenvalue weighted by atomic mass is 10.3. The van der Waals surface area contributed by atoms with Crippen LogP contribution >= 0.6 is 11.8 Å². The number of anilines is 1. The molecule has 2 aromatic carbocycles. The molecule has 1 heterocycles. The van der Waals surface area contributed by atoms with Crippen LogP contribution in [-0.4, -0.2) is 10.8 Å². The number of non-ortho nitro benzene ring substituents is 1. The third-order valence-electron chi connectivity index (χ3n) is 3.35. The van der Waals surface area contributed by atoms with Crippen molar-refractivity contribution in [2.75, 3.05) is 5.32 Å². The monoisotopic (exact) mass is 354 g/mol. The lowest BCUT2D eigenvalue weighted by Crippen LogP contribution is -2.10. The Morgan fingerprint density at radius 3 is 2.44 bits per heavy atom. The fourth-order valence-electron chi connectivity index (χ4n) is 2.11. The Hall–Kier alpha value is -3.06. The fourth-order valence-corrected chi connectivity index (χ4v) is 2.92. The summed E-state index contributed by atoms with van der Waals surface area (Å²) < 4.78 is 5.56. The first kappa shape index (κ1) is 16.8. The van der Waals surface area contributed by atoms with Crippen LogP contribution in [0.1, 0.15) is 16.3 Å². The molecule has 0 spiro atoms. The predicted molar refractivity (Wildman–Crippen MR) is 95.8 cm³/mol. The molecule has 6 nitrogen and oxygen atoms in total. The van der Waals surface area contributed by atoms with Crippen molar-refractivity contribution in [3.05, 3.63) is 88.4 Å². The van der Waals surface area contributed by atoms with Gasteiger partial charge in [-0.05, 0) is 36.4 Å². The summed E-state index contributed by atoms with van der Waals surface area (Å²) in [5.41, 5.74) is 0.434. The van der Waals surface area contributed by atoms with Crippen molar-refractivity contribution >= 4 is 29.0 Å². The van der Waals surface area contributed by atoms with E-state index in [2.05, 4.69) is 5.32 Å². The molecule has 0 aliphatic rings. The maximum Gasteiger partial charge on any atom is 0.291 e. The lowest BCUT2D eigenvalue weighted by Gasteiger charge is -2.03. The number of furan rings is 1. The molecule has 0 atom stereocenters. The van der Waals surface area contributed by atoms with E-state index in [1.165, 1.54) is 24.3 Å². The van der Waals surface area contributed by atoms with E-state index >= 15 is 0 Å². The molecule has 0 radical (unpaired) electrons. The zero-order chi connectivity index (χ0) is 17.6. The number of nitro groups is 1. The van der Waals surface area contributed by atoms with Crippen LogP contribution in [0.25, 0.3) is 0 Å². The Morgan fingerprint density at radius 2 is 1.76 bits per heavy atom. The second kappa shape index (κ2) is 7.67. The van der Waals surface area contributed by atoms with E-state index in [4.69, 9.17) is 4.42 Å². The van der Waals surface area contributed by atoms with Crippen molar-refractivity contribution in [3.63, 3.8) is 0 Å². The summed E-state index contributed by atoms with van der Waals surface area (Å²) in [7, 11) is 0. The summed E-state index contributed by atoms with van der Waals surface area (Å²) in [4.78, 5) is 23.4. The average Bonchev–Trinajstić information content (AvgIpc) is 3.10. The van der Waals surface area contributed by atoms with Crippen LogP contribution in [0.4, 0.5) is 11.4 Å². The summed E-state index contributed by atoms with van der Waals surface area (Å²) in [6, 6.07) is 18.9. The van der Waals surface area contributed by atoms with Crippen molar-refractivity contribution in [1.82, 2.24) is 0 Å². The molecule has 1 N–H and O–H groups in total. The topological polar surface area (TPSA) is 85.4 Å². The smallest absolute Gasteiger partial charge is 0.291 e. The SMILES string of the molecule is O=C(Nc1ccc([N+](=O)[O-])cc1)c1ccc(CSc2ccccc2)o1. The maximum absolute atomic E-state index is 12.2. The first-order chi connectivity index (χ1) is 12.1. The van der Waals surface area contributed by atoms with Gasteiger partial charge in [0.05, 0.1) is 10.7 Å². The van der Waals surface area contributed by atoms with Crippen LogP contribution in [0.2, 0.25) is 0 Å². The Kier molecular flexibility index (Phi) is 5.15. The largest absolute Gasteiger partial charge is 0.455 e. The van der Waals surface area contributed by atoms with Crippen LogP contribution in [0.3, 0.4) is 0 Å². The summed E-state index contributed by atoms with van der Waals surface area (Å²) in [6.07, 6.45) is 0. The third kappa shape index (κ3) is 4.48. The fraction of sp³-hybridized carbons (Fsp3) is 0.0556. The van der Waals surface area contributed by atoms with E-state index < -0.39 is 10.8 Å². The maximum atomic E-state index is 12.2. The van der Waals surface area contributed by atoms with E-state index in [-0.39, 0.29) is 11.4 Å². The van der Waals surface area contributed by atoms with Crippen molar-refractivity contribution in [1.29, 1.82) is 0 Å². The van der Waals surface area contributed by atoms with Crippen molar-refractivity contribution in [3.8, 4) is 0 Å². The first-order valence-electron chi connectivity index (χ1n) is 7.44. The second-order valence-electron chi connectivity index (χ2n) is 5.13. The van der Waals surface area contributed by atoms with E-state index in [1.807, 2.05) is 30.3 Å². The van der Waals surface area contributed by atoms with Gasteiger partial charge in [-0.15, -0.1) is 11.8 Å². The van der Waals surface area contributed by atoms with Gasteiger partial charge < -0.3 is 9.73 Å². The molecule has 0 aliphatic heterocycles. The summed E-state index contributed by atoms with van der Waals surface area (Å²) in [5, 5.41) is 13.3. The summed E-state index contributed by atoms with van der Waals surface area (Å²) >= 11 is 1.62. The Morgan fingerprint density at radius 1 is 1.04 bits per heavy atom. The first-order valence-corrected chi connectivity index (χ1v) is 8.43. The van der Waals surface area contributed by atoms with Crippen LogP contribution in [0.5, 0.6) is 0 Å². The van der Waals surface area contributed by atoms with Crippen LogP contribution < -0.4 is 5.32 Å². The molecule has 1 amide bonds. The molecule has 126 valence electrons. The molecule has 3 aromatic rings. The van der Waals surface area contributed by atoms with Gasteiger partial charge in [0.1, 0.15) is 5.76 Å². The third-order valence-corrected chi connectivity index (χ3v) is 4.38. The van der Waals surface area contributed by atoms with Gasteiger partial charge in [0.2, 0.25) is 0 Å². The standard InChI is InChI=1S/C18H14N2O4S/c21-18(19-13-6-8-14(9-7-13)20(22)23)17-11-10-15(24-17)12-25-16-4-2-1-3-5-16/h1-11H,12H2,(H,19,21). The van der Waals surface area contributed by atoms with E-state index in [1.54, 1.807) is 23.9 Å². The highest BCUT2D eigenvalue weighted by molar-refractivity contribution is 7.98. The number of nitrogens with zero attached hydrogens (tertiary/aromatic N) is 1. The van der Waals surface area contributed by atoms with Crippen molar-refractivity contribution in [2.45, 2.75) is 10.6 Å². The quantitative estimate of drug-likeness (QED) is 0.393. The zero-order valence-corrected chi connectivity index (χ0v) is 13.9. The summed E-state index contributed by atoms with van der Waals surface area (Å²) in [5.74, 6) is 1.11. The number of thioether (sulfide) groups is 1. The van der Waals surface area contributed by atoms with E-state index in [0.29, 0.717) is 17.2 Å². The molecule has 0 saturated heterocycles. The Bertz CT molecular complexity index is 876. The van der Waals surface area contributed by atoms with Gasteiger partial charge >= 0.3 is 0 Å². The van der Waals surface area contributed by atoms with Gasteiger partial charge in [0, 0.05) is 22.7 Å². The molecule has 0 bridgehead atoms. The molecule has 0 unspecified atom stereocenters. The molecule has 3 rings (SSSR count). The number of carbonyl (C=O) groups is 1. The number of carbonyl (C=O) groups excluding carboxylic acids is 1. The number of benzene rings is 2.